The number of fused-ring (bicyclic) bond motifs is 1. The van der Waals surface area contributed by atoms with Gasteiger partial charge < -0.3 is 10.0 Å². The molecule has 2 N–H and O–H groups in total. The highest BCUT2D eigenvalue weighted by Gasteiger charge is 2.40. The van der Waals surface area contributed by atoms with Crippen LogP contribution < -0.4 is 4.72 Å². The van der Waals surface area contributed by atoms with Gasteiger partial charge in [0.2, 0.25) is 21.6 Å². The van der Waals surface area contributed by atoms with E-state index in [1.807, 2.05) is 0 Å². The summed E-state index contributed by atoms with van der Waals surface area (Å²) < 4.78 is 27.7. The van der Waals surface area contributed by atoms with E-state index in [4.69, 9.17) is 0 Å². The second kappa shape index (κ2) is 7.47. The molecule has 1 aliphatic rings. The summed E-state index contributed by atoms with van der Waals surface area (Å²) in [6.45, 7) is 5.49. The van der Waals surface area contributed by atoms with Crippen LogP contribution in [0.25, 0.3) is 0 Å². The minimum Gasteiger partial charge on any atom is -0.392 e. The van der Waals surface area contributed by atoms with E-state index in [9.17, 15) is 23.1 Å². The Hall–Kier alpha value is -2.03. The molecule has 8 heteroatoms. The molecule has 136 valence electrons. The SMILES string of the molecule is CCN(CC)C1=C(S(=O)(=O)NCC(C)O)C(=O)c2ccccc2C1=O. The molecule has 0 aliphatic heterocycles. The number of aliphatic hydroxyl groups excluding tert-OH is 1. The van der Waals surface area contributed by atoms with Crippen LogP contribution in [0, 0.1) is 0 Å². The van der Waals surface area contributed by atoms with E-state index in [2.05, 4.69) is 4.72 Å². The van der Waals surface area contributed by atoms with Gasteiger partial charge in [-0.15, -0.1) is 0 Å². The predicted molar refractivity (Wildman–Crippen MR) is 93.7 cm³/mol. The first-order valence-electron chi connectivity index (χ1n) is 8.09. The number of ketones is 2. The summed E-state index contributed by atoms with van der Waals surface area (Å²) in [7, 11) is -4.26. The van der Waals surface area contributed by atoms with Gasteiger partial charge in [-0.2, -0.15) is 0 Å². The van der Waals surface area contributed by atoms with Gasteiger partial charge in [0.1, 0.15) is 5.70 Å². The standard InChI is InChI=1S/C17H22N2O5S/c1-4-19(5-2)14-15(21)12-8-6-7-9-13(12)16(22)17(14)25(23,24)18-10-11(3)20/h6-9,11,18,20H,4-5,10H2,1-3H3. The number of Topliss-reactive ketones (excluding diaryl/α,β-unsaturated/α-hetero) is 2. The molecule has 0 fully saturated rings. The molecule has 1 aliphatic carbocycles. The lowest BCUT2D eigenvalue weighted by Crippen LogP contribution is -2.41. The van der Waals surface area contributed by atoms with Crippen molar-refractivity contribution in [2.24, 2.45) is 0 Å². The molecule has 25 heavy (non-hydrogen) atoms. The average Bonchev–Trinajstić information content (AvgIpc) is 2.58. The molecule has 0 aromatic heterocycles. The van der Waals surface area contributed by atoms with Gasteiger partial charge >= 0.3 is 0 Å². The lowest BCUT2D eigenvalue weighted by atomic mass is 9.92. The number of carbonyl (C=O) groups excluding carboxylic acids is 2. The summed E-state index contributed by atoms with van der Waals surface area (Å²) in [5, 5.41) is 9.35. The van der Waals surface area contributed by atoms with Gasteiger partial charge in [0.25, 0.3) is 0 Å². The van der Waals surface area contributed by atoms with Crippen molar-refractivity contribution in [2.75, 3.05) is 19.6 Å². The highest BCUT2D eigenvalue weighted by atomic mass is 32.2. The van der Waals surface area contributed by atoms with Crippen LogP contribution in [0.2, 0.25) is 0 Å². The fourth-order valence-electron chi connectivity index (χ4n) is 2.72. The number of aliphatic hydroxyl groups is 1. The van der Waals surface area contributed by atoms with Crippen molar-refractivity contribution in [1.82, 2.24) is 9.62 Å². The third-order valence-electron chi connectivity index (χ3n) is 3.97. The van der Waals surface area contributed by atoms with Gasteiger partial charge in [-0.3, -0.25) is 9.59 Å². The maximum absolute atomic E-state index is 12.9. The number of sulfonamides is 1. The van der Waals surface area contributed by atoms with Crippen molar-refractivity contribution in [3.8, 4) is 0 Å². The Labute approximate surface area is 147 Å². The predicted octanol–water partition coefficient (Wildman–Crippen LogP) is 0.919. The number of hydrogen-bond donors (Lipinski definition) is 2. The number of nitrogens with one attached hydrogen (secondary N) is 1. The summed E-state index contributed by atoms with van der Waals surface area (Å²) in [6.07, 6.45) is -0.922. The van der Waals surface area contributed by atoms with E-state index in [-0.39, 0.29) is 23.4 Å². The first-order valence-corrected chi connectivity index (χ1v) is 9.58. The van der Waals surface area contributed by atoms with Crippen LogP contribution >= 0.6 is 0 Å². The van der Waals surface area contributed by atoms with Crippen molar-refractivity contribution in [2.45, 2.75) is 26.9 Å². The molecular formula is C17H22N2O5S. The topological polar surface area (TPSA) is 104 Å². The monoisotopic (exact) mass is 366 g/mol. The van der Waals surface area contributed by atoms with Crippen molar-refractivity contribution in [3.63, 3.8) is 0 Å². The fourth-order valence-corrected chi connectivity index (χ4v) is 4.15. The number of rotatable bonds is 7. The summed E-state index contributed by atoms with van der Waals surface area (Å²) in [4.78, 5) is 26.8. The molecule has 0 radical (unpaired) electrons. The fraction of sp³-hybridized carbons (Fsp3) is 0.412. The molecule has 1 aromatic rings. The van der Waals surface area contributed by atoms with E-state index >= 15 is 0 Å². The van der Waals surface area contributed by atoms with Crippen molar-refractivity contribution in [1.29, 1.82) is 0 Å². The Morgan fingerprint density at radius 3 is 2.08 bits per heavy atom. The van der Waals surface area contributed by atoms with Crippen LogP contribution in [-0.4, -0.2) is 55.7 Å². The lowest BCUT2D eigenvalue weighted by molar-refractivity contribution is 0.0949. The average molecular weight is 366 g/mol. The molecule has 1 unspecified atom stereocenters. The quantitative estimate of drug-likeness (QED) is 0.744. The molecule has 0 spiro atoms. The van der Waals surface area contributed by atoms with Crippen LogP contribution in [0.1, 0.15) is 41.5 Å². The Kier molecular flexibility index (Phi) is 5.76. The Morgan fingerprint density at radius 2 is 1.60 bits per heavy atom. The third-order valence-corrected chi connectivity index (χ3v) is 5.43. The summed E-state index contributed by atoms with van der Waals surface area (Å²) in [5.74, 6) is -1.20. The molecule has 7 nitrogen and oxygen atoms in total. The third kappa shape index (κ3) is 3.65. The van der Waals surface area contributed by atoms with Crippen molar-refractivity contribution >= 4 is 21.6 Å². The Morgan fingerprint density at radius 1 is 1.08 bits per heavy atom. The first-order chi connectivity index (χ1) is 11.7. The minimum atomic E-state index is -4.26. The summed E-state index contributed by atoms with van der Waals surface area (Å²) in [6, 6.07) is 6.18. The number of carbonyl (C=O) groups is 2. The van der Waals surface area contributed by atoms with E-state index in [1.54, 1.807) is 30.9 Å². The molecule has 0 heterocycles. The number of likely N-dealkylation sites (N-methyl/N-ethyl adjacent to an activating group) is 1. The molecule has 0 amide bonds. The van der Waals surface area contributed by atoms with E-state index in [0.29, 0.717) is 13.1 Å². The lowest BCUT2D eigenvalue weighted by Gasteiger charge is -2.29. The maximum Gasteiger partial charge on any atom is 0.246 e. The second-order valence-corrected chi connectivity index (χ2v) is 7.46. The van der Waals surface area contributed by atoms with E-state index in [1.165, 1.54) is 19.1 Å². The highest BCUT2D eigenvalue weighted by molar-refractivity contribution is 7.94. The molecule has 0 saturated heterocycles. The van der Waals surface area contributed by atoms with Crippen molar-refractivity contribution in [3.05, 3.63) is 46.0 Å². The largest absolute Gasteiger partial charge is 0.392 e. The van der Waals surface area contributed by atoms with Crippen LogP contribution in [0.5, 0.6) is 0 Å². The molecule has 1 aromatic carbocycles. The van der Waals surface area contributed by atoms with Crippen LogP contribution in [0.4, 0.5) is 0 Å². The van der Waals surface area contributed by atoms with E-state index < -0.39 is 32.6 Å². The van der Waals surface area contributed by atoms with Gasteiger partial charge in [0.15, 0.2) is 4.91 Å². The number of allylic oxidation sites excluding steroid dienone is 2. The number of nitrogens with zero attached hydrogens (tertiary/aromatic N) is 1. The Bertz CT molecular complexity index is 823. The molecule has 1 atom stereocenters. The second-order valence-electron chi connectivity index (χ2n) is 5.75. The Balaban J connectivity index is 2.69. The highest BCUT2D eigenvalue weighted by Crippen LogP contribution is 2.30. The number of hydrogen-bond acceptors (Lipinski definition) is 6. The zero-order valence-electron chi connectivity index (χ0n) is 14.4. The van der Waals surface area contributed by atoms with Crippen LogP contribution in [0.15, 0.2) is 34.9 Å². The zero-order valence-corrected chi connectivity index (χ0v) is 15.3. The number of benzene rings is 1. The van der Waals surface area contributed by atoms with Gasteiger partial charge in [0.05, 0.1) is 6.10 Å². The smallest absolute Gasteiger partial charge is 0.246 e. The molecular weight excluding hydrogens is 344 g/mol. The van der Waals surface area contributed by atoms with Gasteiger partial charge in [0, 0.05) is 30.8 Å². The van der Waals surface area contributed by atoms with Gasteiger partial charge in [-0.25, -0.2) is 13.1 Å². The maximum atomic E-state index is 12.9. The molecule has 0 bridgehead atoms. The molecule has 0 saturated carbocycles. The minimum absolute atomic E-state index is 0.0702. The zero-order chi connectivity index (χ0) is 18.8. The normalized spacial score (nSPS) is 16.0. The summed E-state index contributed by atoms with van der Waals surface area (Å²) in [5.41, 5.74) is 0.150. The van der Waals surface area contributed by atoms with Crippen LogP contribution in [0.3, 0.4) is 0 Å². The van der Waals surface area contributed by atoms with Crippen LogP contribution in [-0.2, 0) is 10.0 Å². The van der Waals surface area contributed by atoms with E-state index in [0.717, 1.165) is 0 Å². The van der Waals surface area contributed by atoms with Gasteiger partial charge in [-0.05, 0) is 20.8 Å². The summed E-state index contributed by atoms with van der Waals surface area (Å²) >= 11 is 0. The first kappa shape index (κ1) is 19.3. The van der Waals surface area contributed by atoms with Crippen molar-refractivity contribution < 1.29 is 23.1 Å². The molecule has 2 rings (SSSR count). The van der Waals surface area contributed by atoms with Gasteiger partial charge in [-0.1, -0.05) is 24.3 Å².